The minimum Gasteiger partial charge on any atom is -0.493 e. The number of nitrogens with zero attached hydrogens (tertiary/aromatic N) is 1. The molecule has 1 aromatic carbocycles. The van der Waals surface area contributed by atoms with Crippen LogP contribution in [0.4, 0.5) is 18.0 Å². The molecule has 26 heavy (non-hydrogen) atoms. The lowest BCUT2D eigenvalue weighted by Gasteiger charge is -2.33. The van der Waals surface area contributed by atoms with Gasteiger partial charge in [-0.25, -0.2) is 4.79 Å². The highest BCUT2D eigenvalue weighted by molar-refractivity contribution is 9.10. The average molecular weight is 438 g/mol. The van der Waals surface area contributed by atoms with Gasteiger partial charge in [0.2, 0.25) is 0 Å². The molecule has 0 aliphatic carbocycles. The van der Waals surface area contributed by atoms with E-state index in [4.69, 9.17) is 9.47 Å². The second kappa shape index (κ2) is 8.06. The summed E-state index contributed by atoms with van der Waals surface area (Å²) in [7, 11) is 0. The number of hydrogen-bond acceptors (Lipinski definition) is 3. The minimum atomic E-state index is -4.40. The first-order chi connectivity index (χ1) is 12.0. The maximum Gasteiger partial charge on any atom is 0.417 e. The van der Waals surface area contributed by atoms with Crippen molar-refractivity contribution in [3.63, 3.8) is 0 Å². The maximum absolute atomic E-state index is 12.7. The van der Waals surface area contributed by atoms with Gasteiger partial charge < -0.3 is 14.4 Å². The van der Waals surface area contributed by atoms with E-state index in [9.17, 15) is 18.0 Å². The molecule has 0 radical (unpaired) electrons. The average Bonchev–Trinajstić information content (AvgIpc) is 2.50. The van der Waals surface area contributed by atoms with Crippen LogP contribution < -0.4 is 4.74 Å². The molecule has 1 aliphatic rings. The van der Waals surface area contributed by atoms with Gasteiger partial charge >= 0.3 is 12.3 Å². The topological polar surface area (TPSA) is 38.8 Å². The molecule has 2 rings (SSSR count). The molecular weight excluding hydrogens is 415 g/mol. The van der Waals surface area contributed by atoms with Crippen LogP contribution in [0.15, 0.2) is 22.7 Å². The summed E-state index contributed by atoms with van der Waals surface area (Å²) in [6.07, 6.45) is -3.18. The Kier molecular flexibility index (Phi) is 6.47. The van der Waals surface area contributed by atoms with Crippen LogP contribution in [0.1, 0.15) is 39.2 Å². The van der Waals surface area contributed by atoms with Gasteiger partial charge in [0.15, 0.2) is 0 Å². The molecule has 0 atom stereocenters. The van der Waals surface area contributed by atoms with Crippen LogP contribution in [0.5, 0.6) is 5.75 Å². The van der Waals surface area contributed by atoms with Crippen LogP contribution in [0.3, 0.4) is 0 Å². The number of halogens is 4. The fraction of sp³-hybridized carbons (Fsp3) is 0.611. The molecule has 4 nitrogen and oxygen atoms in total. The summed E-state index contributed by atoms with van der Waals surface area (Å²) in [5, 5.41) is 0. The highest BCUT2D eigenvalue weighted by Gasteiger charge is 2.33. The maximum atomic E-state index is 12.7. The van der Waals surface area contributed by atoms with Gasteiger partial charge in [-0.1, -0.05) is 15.9 Å². The highest BCUT2D eigenvalue weighted by atomic mass is 79.9. The smallest absolute Gasteiger partial charge is 0.417 e. The van der Waals surface area contributed by atoms with Gasteiger partial charge in [0, 0.05) is 17.6 Å². The lowest BCUT2D eigenvalue weighted by atomic mass is 9.98. The zero-order valence-electron chi connectivity index (χ0n) is 15.0. The van der Waals surface area contributed by atoms with Crippen molar-refractivity contribution in [2.24, 2.45) is 5.92 Å². The summed E-state index contributed by atoms with van der Waals surface area (Å²) in [6.45, 7) is 7.05. The summed E-state index contributed by atoms with van der Waals surface area (Å²) in [5.41, 5.74) is -1.25. The Hall–Kier alpha value is -1.44. The number of rotatable bonds is 3. The fourth-order valence-electron chi connectivity index (χ4n) is 2.64. The van der Waals surface area contributed by atoms with Gasteiger partial charge in [-0.15, -0.1) is 0 Å². The number of carbonyl (C=O) groups is 1. The van der Waals surface area contributed by atoms with E-state index in [0.29, 0.717) is 25.4 Å². The molecule has 1 amide bonds. The largest absolute Gasteiger partial charge is 0.493 e. The predicted octanol–water partition coefficient (Wildman–Crippen LogP) is 5.49. The van der Waals surface area contributed by atoms with Crippen molar-refractivity contribution < 1.29 is 27.4 Å². The second-order valence-corrected chi connectivity index (χ2v) is 8.22. The molecule has 0 N–H and O–H groups in total. The monoisotopic (exact) mass is 437 g/mol. The van der Waals surface area contributed by atoms with Crippen LogP contribution >= 0.6 is 15.9 Å². The summed E-state index contributed by atoms with van der Waals surface area (Å²) in [4.78, 5) is 13.7. The molecule has 8 heteroatoms. The fourth-order valence-corrected chi connectivity index (χ4v) is 3.22. The summed E-state index contributed by atoms with van der Waals surface area (Å²) in [5.74, 6) is 0.634. The first kappa shape index (κ1) is 20.9. The molecule has 0 bridgehead atoms. The predicted molar refractivity (Wildman–Crippen MR) is 95.2 cm³/mol. The molecule has 1 saturated heterocycles. The van der Waals surface area contributed by atoms with E-state index in [-0.39, 0.29) is 16.5 Å². The van der Waals surface area contributed by atoms with E-state index in [1.165, 1.54) is 12.1 Å². The summed E-state index contributed by atoms with van der Waals surface area (Å²) >= 11 is 2.94. The first-order valence-corrected chi connectivity index (χ1v) is 9.22. The third kappa shape index (κ3) is 6.07. The van der Waals surface area contributed by atoms with Crippen molar-refractivity contribution in [1.29, 1.82) is 0 Å². The van der Waals surface area contributed by atoms with Gasteiger partial charge in [0.05, 0.1) is 12.2 Å². The van der Waals surface area contributed by atoms with Crippen LogP contribution in [0, 0.1) is 5.92 Å². The number of carbonyl (C=O) groups excluding carboxylic acids is 1. The quantitative estimate of drug-likeness (QED) is 0.626. The SMILES string of the molecule is CC(C)(C)OC(=O)N1CCC(COc2ccc(C(F)(F)F)c(Br)c2)CC1. The Morgan fingerprint density at radius 3 is 2.35 bits per heavy atom. The van der Waals surface area contributed by atoms with Gasteiger partial charge in [0.1, 0.15) is 11.4 Å². The van der Waals surface area contributed by atoms with E-state index < -0.39 is 17.3 Å². The minimum absolute atomic E-state index is 0.0396. The van der Waals surface area contributed by atoms with Crippen molar-refractivity contribution in [1.82, 2.24) is 4.90 Å². The van der Waals surface area contributed by atoms with Crippen molar-refractivity contribution >= 4 is 22.0 Å². The molecule has 1 aromatic rings. The standard InChI is InChI=1S/C18H23BrF3NO3/c1-17(2,3)26-16(24)23-8-6-12(7-9-23)11-25-13-4-5-14(15(19)10-13)18(20,21)22/h4-5,10,12H,6-9,11H2,1-3H3. The van der Waals surface area contributed by atoms with Crippen LogP contribution in [-0.4, -0.2) is 36.3 Å². The molecule has 1 fully saturated rings. The van der Waals surface area contributed by atoms with Gasteiger partial charge in [-0.05, 0) is 57.7 Å². The number of alkyl halides is 3. The number of ether oxygens (including phenoxy) is 2. The van der Waals surface area contributed by atoms with Crippen LogP contribution in [-0.2, 0) is 10.9 Å². The lowest BCUT2D eigenvalue weighted by molar-refractivity contribution is -0.138. The lowest BCUT2D eigenvalue weighted by Crippen LogP contribution is -2.42. The Bertz CT molecular complexity index is 636. The van der Waals surface area contributed by atoms with Crippen molar-refractivity contribution in [2.75, 3.05) is 19.7 Å². The molecule has 0 aromatic heterocycles. The zero-order chi connectivity index (χ0) is 19.5. The first-order valence-electron chi connectivity index (χ1n) is 8.43. The Morgan fingerprint density at radius 1 is 1.23 bits per heavy atom. The third-order valence-corrected chi connectivity index (χ3v) is 4.65. The molecular formula is C18H23BrF3NO3. The molecule has 1 aliphatic heterocycles. The molecule has 0 saturated carbocycles. The van der Waals surface area contributed by atoms with Gasteiger partial charge in [-0.3, -0.25) is 0 Å². The summed E-state index contributed by atoms with van der Waals surface area (Å²) < 4.78 is 49.2. The number of benzene rings is 1. The van der Waals surface area contributed by atoms with E-state index in [0.717, 1.165) is 18.9 Å². The Balaban J connectivity index is 1.82. The van der Waals surface area contributed by atoms with E-state index in [1.54, 1.807) is 4.90 Å². The van der Waals surface area contributed by atoms with Crippen molar-refractivity contribution in [3.8, 4) is 5.75 Å². The zero-order valence-corrected chi connectivity index (χ0v) is 16.6. The van der Waals surface area contributed by atoms with Crippen molar-refractivity contribution in [3.05, 3.63) is 28.2 Å². The van der Waals surface area contributed by atoms with Crippen LogP contribution in [0.25, 0.3) is 0 Å². The second-order valence-electron chi connectivity index (χ2n) is 7.36. The van der Waals surface area contributed by atoms with Gasteiger partial charge in [0.25, 0.3) is 0 Å². The highest BCUT2D eigenvalue weighted by Crippen LogP contribution is 2.36. The number of amides is 1. The van der Waals surface area contributed by atoms with Gasteiger partial charge in [-0.2, -0.15) is 13.2 Å². The Labute approximate surface area is 159 Å². The van der Waals surface area contributed by atoms with Crippen molar-refractivity contribution in [2.45, 2.75) is 45.4 Å². The molecule has 0 spiro atoms. The summed E-state index contributed by atoms with van der Waals surface area (Å²) in [6, 6.07) is 3.66. The molecule has 0 unspecified atom stereocenters. The third-order valence-electron chi connectivity index (χ3n) is 4.00. The van der Waals surface area contributed by atoms with E-state index in [1.807, 2.05) is 20.8 Å². The van der Waals surface area contributed by atoms with E-state index >= 15 is 0 Å². The molecule has 146 valence electrons. The molecule has 1 heterocycles. The number of piperidine rings is 1. The Morgan fingerprint density at radius 2 is 1.85 bits per heavy atom. The number of likely N-dealkylation sites (tertiary alicyclic amines) is 1. The van der Waals surface area contributed by atoms with E-state index in [2.05, 4.69) is 15.9 Å². The normalized spacial score (nSPS) is 16.5. The van der Waals surface area contributed by atoms with Crippen LogP contribution in [0.2, 0.25) is 0 Å². The number of hydrogen-bond donors (Lipinski definition) is 0.